The number of fused-ring (bicyclic) bond motifs is 1. The maximum absolute atomic E-state index is 13.4. The van der Waals surface area contributed by atoms with Crippen LogP contribution in [-0.2, 0) is 7.05 Å². The number of hydrogen-bond donors (Lipinski definition) is 1. The Morgan fingerprint density at radius 3 is 2.76 bits per heavy atom. The smallest absolute Gasteiger partial charge is 0.272 e. The highest BCUT2D eigenvalue weighted by molar-refractivity contribution is 9.10. The first kappa shape index (κ1) is 11.6. The molecule has 1 aromatic carbocycles. The summed E-state index contributed by atoms with van der Waals surface area (Å²) in [5.41, 5.74) is -0.773. The first-order chi connectivity index (χ1) is 7.97. The van der Waals surface area contributed by atoms with E-state index in [1.54, 1.807) is 6.07 Å². The molecule has 0 saturated heterocycles. The molecule has 0 atom stereocenters. The fraction of sp³-hybridized carbons (Fsp3) is 0.0909. The van der Waals surface area contributed by atoms with Crippen LogP contribution in [-0.4, -0.2) is 9.67 Å². The van der Waals surface area contributed by atoms with Crippen molar-refractivity contribution in [2.45, 2.75) is 0 Å². The van der Waals surface area contributed by atoms with E-state index >= 15 is 0 Å². The summed E-state index contributed by atoms with van der Waals surface area (Å²) >= 11 is 2.98. The van der Waals surface area contributed by atoms with E-state index in [9.17, 15) is 14.3 Å². The molecular weight excluding hydrogens is 291 g/mol. The Kier molecular flexibility index (Phi) is 2.63. The summed E-state index contributed by atoms with van der Waals surface area (Å²) in [5, 5.41) is 18.8. The largest absolute Gasteiger partial charge is 0.506 e. The highest BCUT2D eigenvalue weighted by atomic mass is 79.9. The monoisotopic (exact) mass is 296 g/mol. The van der Waals surface area contributed by atoms with Gasteiger partial charge in [-0.2, -0.15) is 5.26 Å². The van der Waals surface area contributed by atoms with Crippen molar-refractivity contribution in [2.24, 2.45) is 7.05 Å². The standard InChI is InChI=1S/C11H6BrFN2O2/c1-15-9-3-8(13)7(12)2-5(9)10(16)6(4-14)11(15)17/h2-3,16H,1H3. The number of nitrogens with zero attached hydrogens (tertiary/aromatic N) is 2. The summed E-state index contributed by atoms with van der Waals surface area (Å²) in [6, 6.07) is 4.10. The average Bonchev–Trinajstić information content (AvgIpc) is 2.30. The Morgan fingerprint density at radius 1 is 1.53 bits per heavy atom. The van der Waals surface area contributed by atoms with Gasteiger partial charge in [0.2, 0.25) is 0 Å². The summed E-state index contributed by atoms with van der Waals surface area (Å²) in [6.07, 6.45) is 0. The van der Waals surface area contributed by atoms with Gasteiger partial charge in [0.1, 0.15) is 17.6 Å². The maximum Gasteiger partial charge on any atom is 0.272 e. The van der Waals surface area contributed by atoms with Crippen LogP contribution in [0.3, 0.4) is 0 Å². The molecule has 0 saturated carbocycles. The van der Waals surface area contributed by atoms with Crippen LogP contribution in [0.4, 0.5) is 4.39 Å². The van der Waals surface area contributed by atoms with E-state index in [4.69, 9.17) is 5.26 Å². The van der Waals surface area contributed by atoms with Gasteiger partial charge in [-0.1, -0.05) is 0 Å². The molecule has 0 aliphatic carbocycles. The van der Waals surface area contributed by atoms with Crippen molar-refractivity contribution in [1.82, 2.24) is 4.57 Å². The molecule has 2 rings (SSSR count). The molecule has 1 aromatic heterocycles. The Bertz CT molecular complexity index is 731. The molecule has 4 nitrogen and oxygen atoms in total. The SMILES string of the molecule is Cn1c(=O)c(C#N)c(O)c2cc(Br)c(F)cc21. The second-order valence-electron chi connectivity index (χ2n) is 3.48. The fourth-order valence-electron chi connectivity index (χ4n) is 1.62. The van der Waals surface area contributed by atoms with E-state index in [0.717, 1.165) is 10.6 Å². The molecule has 1 heterocycles. The lowest BCUT2D eigenvalue weighted by Gasteiger charge is -2.09. The first-order valence-corrected chi connectivity index (χ1v) is 5.37. The van der Waals surface area contributed by atoms with Crippen LogP contribution in [0.15, 0.2) is 21.4 Å². The molecule has 6 heteroatoms. The quantitative estimate of drug-likeness (QED) is 0.809. The lowest BCUT2D eigenvalue weighted by molar-refractivity contribution is 0.477. The highest BCUT2D eigenvalue weighted by Gasteiger charge is 2.16. The maximum atomic E-state index is 13.4. The molecular formula is C11H6BrFN2O2. The minimum atomic E-state index is -0.653. The van der Waals surface area contributed by atoms with Crippen molar-refractivity contribution in [1.29, 1.82) is 5.26 Å². The lowest BCUT2D eigenvalue weighted by atomic mass is 10.1. The molecule has 0 aliphatic rings. The zero-order chi connectivity index (χ0) is 12.7. The van der Waals surface area contributed by atoms with Gasteiger partial charge in [-0.25, -0.2) is 4.39 Å². The van der Waals surface area contributed by atoms with Gasteiger partial charge in [-0.15, -0.1) is 0 Å². The van der Waals surface area contributed by atoms with E-state index in [2.05, 4.69) is 15.9 Å². The molecule has 0 aliphatic heterocycles. The zero-order valence-electron chi connectivity index (χ0n) is 8.66. The molecule has 0 unspecified atom stereocenters. The Balaban J connectivity index is 3.11. The summed E-state index contributed by atoms with van der Waals surface area (Å²) < 4.78 is 14.6. The lowest BCUT2D eigenvalue weighted by Crippen LogP contribution is -2.20. The number of aromatic hydroxyl groups is 1. The normalized spacial score (nSPS) is 10.5. The Morgan fingerprint density at radius 2 is 2.18 bits per heavy atom. The van der Waals surface area contributed by atoms with Crippen LogP contribution in [0.25, 0.3) is 10.9 Å². The average molecular weight is 297 g/mol. The van der Waals surface area contributed by atoms with E-state index in [1.807, 2.05) is 0 Å². The number of pyridine rings is 1. The van der Waals surface area contributed by atoms with Gasteiger partial charge >= 0.3 is 0 Å². The fourth-order valence-corrected chi connectivity index (χ4v) is 1.96. The van der Waals surface area contributed by atoms with Crippen molar-refractivity contribution in [3.8, 4) is 11.8 Å². The van der Waals surface area contributed by atoms with E-state index in [-0.39, 0.29) is 20.9 Å². The Labute approximate surface area is 104 Å². The number of aryl methyl sites for hydroxylation is 1. The predicted molar refractivity (Wildman–Crippen MR) is 63.2 cm³/mol. The van der Waals surface area contributed by atoms with Crippen molar-refractivity contribution in [2.75, 3.05) is 0 Å². The van der Waals surface area contributed by atoms with Crippen LogP contribution >= 0.6 is 15.9 Å². The summed E-state index contributed by atoms with van der Waals surface area (Å²) in [6.45, 7) is 0. The van der Waals surface area contributed by atoms with Gasteiger partial charge in [0.15, 0.2) is 5.56 Å². The third kappa shape index (κ3) is 1.59. The van der Waals surface area contributed by atoms with Gasteiger partial charge < -0.3 is 9.67 Å². The summed E-state index contributed by atoms with van der Waals surface area (Å²) in [7, 11) is 1.41. The second-order valence-corrected chi connectivity index (χ2v) is 4.34. The van der Waals surface area contributed by atoms with Crippen LogP contribution in [0.5, 0.6) is 5.75 Å². The number of rotatable bonds is 0. The molecule has 0 radical (unpaired) electrons. The van der Waals surface area contributed by atoms with Crippen LogP contribution in [0.2, 0.25) is 0 Å². The highest BCUT2D eigenvalue weighted by Crippen LogP contribution is 2.29. The molecule has 2 aromatic rings. The number of hydrogen-bond acceptors (Lipinski definition) is 3. The molecule has 17 heavy (non-hydrogen) atoms. The van der Waals surface area contributed by atoms with Gasteiger partial charge in [0.25, 0.3) is 5.56 Å². The molecule has 1 N–H and O–H groups in total. The minimum absolute atomic E-state index is 0.155. The van der Waals surface area contributed by atoms with Crippen molar-refractivity contribution >= 4 is 26.8 Å². The third-order valence-corrected chi connectivity index (χ3v) is 3.13. The third-order valence-electron chi connectivity index (χ3n) is 2.52. The molecule has 0 amide bonds. The first-order valence-electron chi connectivity index (χ1n) is 4.58. The second kappa shape index (κ2) is 3.86. The molecule has 86 valence electrons. The number of benzene rings is 1. The molecule has 0 spiro atoms. The van der Waals surface area contributed by atoms with Crippen LogP contribution < -0.4 is 5.56 Å². The van der Waals surface area contributed by atoms with Gasteiger partial charge in [-0.3, -0.25) is 4.79 Å². The van der Waals surface area contributed by atoms with Crippen molar-refractivity contribution < 1.29 is 9.50 Å². The topological polar surface area (TPSA) is 66.0 Å². The molecule has 0 fully saturated rings. The minimum Gasteiger partial charge on any atom is -0.506 e. The predicted octanol–water partition coefficient (Wildman–Crippen LogP) is 2.02. The van der Waals surface area contributed by atoms with Crippen molar-refractivity contribution in [3.63, 3.8) is 0 Å². The van der Waals surface area contributed by atoms with Crippen molar-refractivity contribution in [3.05, 3.63) is 38.3 Å². The number of halogens is 2. The van der Waals surface area contributed by atoms with Crippen LogP contribution in [0.1, 0.15) is 5.56 Å². The van der Waals surface area contributed by atoms with E-state index in [1.165, 1.54) is 13.1 Å². The Hall–Kier alpha value is -1.87. The summed E-state index contributed by atoms with van der Waals surface area (Å²) in [4.78, 5) is 11.7. The van der Waals surface area contributed by atoms with Gasteiger partial charge in [0.05, 0.1) is 9.99 Å². The summed E-state index contributed by atoms with van der Waals surface area (Å²) in [5.74, 6) is -0.970. The van der Waals surface area contributed by atoms with Crippen LogP contribution in [0, 0.1) is 17.1 Å². The number of nitriles is 1. The van der Waals surface area contributed by atoms with E-state index in [0.29, 0.717) is 0 Å². The zero-order valence-corrected chi connectivity index (χ0v) is 10.2. The van der Waals surface area contributed by atoms with Gasteiger partial charge in [-0.05, 0) is 28.1 Å². The van der Waals surface area contributed by atoms with E-state index < -0.39 is 17.1 Å². The molecule has 0 bridgehead atoms. The van der Waals surface area contributed by atoms with Gasteiger partial charge in [0, 0.05) is 12.4 Å². The number of aromatic nitrogens is 1.